The second-order valence-corrected chi connectivity index (χ2v) is 2.92. The Morgan fingerprint density at radius 3 is 3.00 bits per heavy atom. The van der Waals surface area contributed by atoms with Gasteiger partial charge in [-0.25, -0.2) is 0 Å². The van der Waals surface area contributed by atoms with Crippen molar-refractivity contribution in [3.63, 3.8) is 0 Å². The lowest BCUT2D eigenvalue weighted by molar-refractivity contribution is -0.121. The average molecular weight is 182 g/mol. The first-order valence-corrected chi connectivity index (χ1v) is 4.06. The molecule has 1 saturated heterocycles. The SMILES string of the molecule is Cc1noc(C2CNC(=O)CN2)n1. The van der Waals surface area contributed by atoms with Gasteiger partial charge in [0, 0.05) is 6.54 Å². The molecule has 6 nitrogen and oxygen atoms in total. The van der Waals surface area contributed by atoms with Crippen LogP contribution in [0.3, 0.4) is 0 Å². The quantitative estimate of drug-likeness (QED) is 0.590. The lowest BCUT2D eigenvalue weighted by Crippen LogP contribution is -2.47. The van der Waals surface area contributed by atoms with Gasteiger partial charge in [-0.2, -0.15) is 4.98 Å². The summed E-state index contributed by atoms with van der Waals surface area (Å²) in [6.07, 6.45) is 0. The monoisotopic (exact) mass is 182 g/mol. The largest absolute Gasteiger partial charge is 0.353 e. The first kappa shape index (κ1) is 8.18. The molecule has 0 aromatic carbocycles. The number of aromatic nitrogens is 2. The number of rotatable bonds is 1. The third-order valence-electron chi connectivity index (χ3n) is 1.85. The molecule has 1 aliphatic rings. The van der Waals surface area contributed by atoms with Gasteiger partial charge in [0.1, 0.15) is 6.04 Å². The van der Waals surface area contributed by atoms with Crippen LogP contribution in [0.4, 0.5) is 0 Å². The van der Waals surface area contributed by atoms with Gasteiger partial charge in [-0.3, -0.25) is 10.1 Å². The van der Waals surface area contributed by atoms with Crippen LogP contribution in [0.15, 0.2) is 4.52 Å². The molecule has 0 radical (unpaired) electrons. The Morgan fingerprint density at radius 1 is 1.62 bits per heavy atom. The Hall–Kier alpha value is -1.43. The van der Waals surface area contributed by atoms with E-state index < -0.39 is 0 Å². The number of carbonyl (C=O) groups is 1. The first-order valence-electron chi connectivity index (χ1n) is 4.06. The third-order valence-corrected chi connectivity index (χ3v) is 1.85. The Labute approximate surface area is 74.7 Å². The van der Waals surface area contributed by atoms with Crippen LogP contribution in [-0.4, -0.2) is 29.1 Å². The van der Waals surface area contributed by atoms with Crippen molar-refractivity contribution >= 4 is 5.91 Å². The minimum atomic E-state index is -0.0566. The van der Waals surface area contributed by atoms with Crippen LogP contribution in [0.5, 0.6) is 0 Å². The fourth-order valence-electron chi connectivity index (χ4n) is 1.20. The van der Waals surface area contributed by atoms with Crippen LogP contribution in [0.2, 0.25) is 0 Å². The molecule has 1 aromatic rings. The number of amides is 1. The molecule has 0 aliphatic carbocycles. The van der Waals surface area contributed by atoms with E-state index >= 15 is 0 Å². The van der Waals surface area contributed by atoms with Gasteiger partial charge in [0.2, 0.25) is 11.8 Å². The Morgan fingerprint density at radius 2 is 2.46 bits per heavy atom. The van der Waals surface area contributed by atoms with Gasteiger partial charge in [-0.1, -0.05) is 5.16 Å². The Balaban J connectivity index is 2.06. The van der Waals surface area contributed by atoms with Crippen molar-refractivity contribution < 1.29 is 9.32 Å². The summed E-state index contributed by atoms with van der Waals surface area (Å²) in [7, 11) is 0. The van der Waals surface area contributed by atoms with E-state index in [2.05, 4.69) is 20.8 Å². The molecule has 2 N–H and O–H groups in total. The molecule has 0 bridgehead atoms. The van der Waals surface area contributed by atoms with Crippen molar-refractivity contribution in [3.05, 3.63) is 11.7 Å². The number of hydrogen-bond donors (Lipinski definition) is 2. The molecular weight excluding hydrogens is 172 g/mol. The average Bonchev–Trinajstić information content (AvgIpc) is 2.53. The summed E-state index contributed by atoms with van der Waals surface area (Å²) < 4.78 is 4.96. The minimum Gasteiger partial charge on any atom is -0.353 e. The van der Waals surface area contributed by atoms with Gasteiger partial charge in [-0.05, 0) is 6.92 Å². The lowest BCUT2D eigenvalue weighted by atomic mass is 10.2. The lowest BCUT2D eigenvalue weighted by Gasteiger charge is -2.20. The molecule has 1 aromatic heterocycles. The maximum atomic E-state index is 10.8. The molecule has 2 rings (SSSR count). The predicted octanol–water partition coefficient (Wildman–Crippen LogP) is -0.861. The summed E-state index contributed by atoms with van der Waals surface area (Å²) in [5.41, 5.74) is 0. The van der Waals surface area contributed by atoms with E-state index in [0.717, 1.165) is 0 Å². The predicted molar refractivity (Wildman–Crippen MR) is 42.8 cm³/mol. The van der Waals surface area contributed by atoms with E-state index in [0.29, 0.717) is 24.8 Å². The summed E-state index contributed by atoms with van der Waals surface area (Å²) in [6.45, 7) is 2.56. The maximum Gasteiger partial charge on any atom is 0.245 e. The molecule has 0 spiro atoms. The van der Waals surface area contributed by atoms with Gasteiger partial charge in [0.05, 0.1) is 6.54 Å². The van der Waals surface area contributed by atoms with E-state index in [1.54, 1.807) is 6.92 Å². The highest BCUT2D eigenvalue weighted by Crippen LogP contribution is 2.10. The van der Waals surface area contributed by atoms with Crippen LogP contribution in [0.1, 0.15) is 17.8 Å². The normalized spacial score (nSPS) is 22.8. The first-order chi connectivity index (χ1) is 6.25. The van der Waals surface area contributed by atoms with Crippen LogP contribution in [0.25, 0.3) is 0 Å². The third kappa shape index (κ3) is 1.67. The molecule has 1 amide bonds. The smallest absolute Gasteiger partial charge is 0.245 e. The molecular formula is C7H10N4O2. The molecule has 1 fully saturated rings. The van der Waals surface area contributed by atoms with Crippen molar-refractivity contribution in [1.82, 2.24) is 20.8 Å². The standard InChI is InChI=1S/C7H10N4O2/c1-4-10-7(13-11-4)5-2-9-6(12)3-8-5/h5,8H,2-3H2,1H3,(H,9,12). The fraction of sp³-hybridized carbons (Fsp3) is 0.571. The molecule has 70 valence electrons. The van der Waals surface area contributed by atoms with E-state index in [9.17, 15) is 4.79 Å². The topological polar surface area (TPSA) is 80.0 Å². The zero-order valence-corrected chi connectivity index (χ0v) is 7.20. The van der Waals surface area contributed by atoms with Crippen LogP contribution < -0.4 is 10.6 Å². The molecule has 6 heteroatoms. The summed E-state index contributed by atoms with van der Waals surface area (Å²) in [5, 5.41) is 9.37. The summed E-state index contributed by atoms with van der Waals surface area (Å²) in [6, 6.07) is -0.0566. The van der Waals surface area contributed by atoms with E-state index in [4.69, 9.17) is 4.52 Å². The van der Waals surface area contributed by atoms with E-state index in [1.807, 2.05) is 0 Å². The maximum absolute atomic E-state index is 10.8. The molecule has 1 unspecified atom stereocenters. The van der Waals surface area contributed by atoms with Crippen LogP contribution >= 0.6 is 0 Å². The Bertz CT molecular complexity index is 312. The van der Waals surface area contributed by atoms with Gasteiger partial charge in [-0.15, -0.1) is 0 Å². The fourth-order valence-corrected chi connectivity index (χ4v) is 1.20. The van der Waals surface area contributed by atoms with Crippen molar-refractivity contribution in [2.45, 2.75) is 13.0 Å². The second-order valence-electron chi connectivity index (χ2n) is 2.92. The number of hydrogen-bond acceptors (Lipinski definition) is 5. The van der Waals surface area contributed by atoms with Crippen LogP contribution in [-0.2, 0) is 4.79 Å². The zero-order valence-electron chi connectivity index (χ0n) is 7.20. The highest BCUT2D eigenvalue weighted by Gasteiger charge is 2.23. The summed E-state index contributed by atoms with van der Waals surface area (Å²) in [4.78, 5) is 14.9. The van der Waals surface area contributed by atoms with Crippen molar-refractivity contribution in [2.24, 2.45) is 0 Å². The highest BCUT2D eigenvalue weighted by molar-refractivity contribution is 5.78. The van der Waals surface area contributed by atoms with Gasteiger partial charge in [0.15, 0.2) is 5.82 Å². The number of carbonyl (C=O) groups excluding carboxylic acids is 1. The Kier molecular flexibility index (Phi) is 1.97. The zero-order chi connectivity index (χ0) is 9.26. The summed E-state index contributed by atoms with van der Waals surface area (Å²) in [5.74, 6) is 1.12. The van der Waals surface area contributed by atoms with Gasteiger partial charge >= 0.3 is 0 Å². The summed E-state index contributed by atoms with van der Waals surface area (Å²) >= 11 is 0. The number of nitrogens with zero attached hydrogens (tertiary/aromatic N) is 2. The van der Waals surface area contributed by atoms with Gasteiger partial charge < -0.3 is 9.84 Å². The number of aryl methyl sites for hydroxylation is 1. The second kappa shape index (κ2) is 3.14. The molecule has 13 heavy (non-hydrogen) atoms. The van der Waals surface area contributed by atoms with Crippen molar-refractivity contribution in [1.29, 1.82) is 0 Å². The number of nitrogens with one attached hydrogen (secondary N) is 2. The van der Waals surface area contributed by atoms with E-state index in [1.165, 1.54) is 0 Å². The molecule has 1 aliphatic heterocycles. The van der Waals surface area contributed by atoms with Crippen LogP contribution in [0, 0.1) is 6.92 Å². The van der Waals surface area contributed by atoms with E-state index in [-0.39, 0.29) is 11.9 Å². The van der Waals surface area contributed by atoms with Crippen molar-refractivity contribution in [3.8, 4) is 0 Å². The molecule has 1 atom stereocenters. The van der Waals surface area contributed by atoms with Crippen molar-refractivity contribution in [2.75, 3.05) is 13.1 Å². The highest BCUT2D eigenvalue weighted by atomic mass is 16.5. The molecule has 0 saturated carbocycles. The molecule has 2 heterocycles. The van der Waals surface area contributed by atoms with Gasteiger partial charge in [0.25, 0.3) is 0 Å². The minimum absolute atomic E-state index is 0.00696. The number of piperazine rings is 1.